The molecule has 5 heterocycles. The number of hydrogen-bond donors (Lipinski definition) is 0. The van der Waals surface area contributed by atoms with E-state index in [-0.39, 0.29) is 0 Å². The second kappa shape index (κ2) is 8.36. The van der Waals surface area contributed by atoms with Crippen molar-refractivity contribution < 1.29 is 4.74 Å². The summed E-state index contributed by atoms with van der Waals surface area (Å²) < 4.78 is 10.1. The van der Waals surface area contributed by atoms with Gasteiger partial charge >= 0.3 is 0 Å². The maximum absolute atomic E-state index is 6.66. The molecule has 0 aliphatic carbocycles. The topological polar surface area (TPSA) is 38.2 Å². The van der Waals surface area contributed by atoms with Gasteiger partial charge in [0.05, 0.1) is 35.9 Å². The van der Waals surface area contributed by atoms with Gasteiger partial charge in [-0.3, -0.25) is 4.90 Å². The number of nitrogens with zero attached hydrogens (tertiary/aromatic N) is 3. The molecule has 0 saturated heterocycles. The summed E-state index contributed by atoms with van der Waals surface area (Å²) in [4.78, 5) is 17.3. The molecule has 2 aromatic heterocycles. The minimum atomic E-state index is 0.870. The van der Waals surface area contributed by atoms with Crippen LogP contribution in [0.5, 0.6) is 11.5 Å². The Morgan fingerprint density at radius 1 is 0.610 bits per heavy atom. The SMILES string of the molecule is Brc1cc2c3c(c1)Sc1c(-c4nc5ccccc5s4)ccc4c1N3c1c(ccc(-c3nc5ccccc5s3)c1S2)O4. The Hall–Kier alpha value is -3.34. The smallest absolute Gasteiger partial charge is 0.152 e. The summed E-state index contributed by atoms with van der Waals surface area (Å²) in [5, 5.41) is 2.05. The number of hydrogen-bond acceptors (Lipinski definition) is 8. The van der Waals surface area contributed by atoms with Gasteiger partial charge in [-0.1, -0.05) is 63.7 Å². The van der Waals surface area contributed by atoms with E-state index in [0.717, 1.165) is 59.5 Å². The van der Waals surface area contributed by atoms with Gasteiger partial charge in [0.25, 0.3) is 0 Å². The Labute approximate surface area is 259 Å². The molecule has 0 bridgehead atoms. The Morgan fingerprint density at radius 2 is 1.12 bits per heavy atom. The van der Waals surface area contributed by atoms with Crippen molar-refractivity contribution in [2.45, 2.75) is 19.6 Å². The van der Waals surface area contributed by atoms with Crippen molar-refractivity contribution >= 4 is 99.6 Å². The summed E-state index contributed by atoms with van der Waals surface area (Å²) >= 11 is 10.9. The van der Waals surface area contributed by atoms with Crippen molar-refractivity contribution in [3.8, 4) is 32.6 Å². The summed E-state index contributed by atoms with van der Waals surface area (Å²) in [6.45, 7) is 0. The van der Waals surface area contributed by atoms with E-state index in [9.17, 15) is 0 Å². The molecule has 0 atom stereocenters. The molecule has 10 rings (SSSR count). The van der Waals surface area contributed by atoms with Crippen molar-refractivity contribution in [3.05, 3.63) is 89.4 Å². The number of para-hydroxylation sites is 2. The van der Waals surface area contributed by atoms with Crippen LogP contribution in [-0.2, 0) is 0 Å². The van der Waals surface area contributed by atoms with E-state index in [0.29, 0.717) is 0 Å². The Balaban J connectivity index is 1.25. The summed E-state index contributed by atoms with van der Waals surface area (Å²) in [7, 11) is 0. The molecular weight excluding hydrogens is 651 g/mol. The summed E-state index contributed by atoms with van der Waals surface area (Å²) in [6, 6.07) is 29.7. The van der Waals surface area contributed by atoms with Gasteiger partial charge in [0.2, 0.25) is 0 Å². The predicted molar refractivity (Wildman–Crippen MR) is 174 cm³/mol. The molecule has 0 saturated carbocycles. The second-order valence-corrected chi connectivity index (χ2v) is 15.0. The van der Waals surface area contributed by atoms with Gasteiger partial charge in [-0.25, -0.2) is 9.97 Å². The van der Waals surface area contributed by atoms with Crippen LogP contribution >= 0.6 is 62.1 Å². The Kier molecular flexibility index (Phi) is 4.74. The van der Waals surface area contributed by atoms with E-state index < -0.39 is 0 Å². The Morgan fingerprint density at radius 3 is 1.63 bits per heavy atom. The Bertz CT molecular complexity index is 2070. The van der Waals surface area contributed by atoms with Crippen molar-refractivity contribution in [2.75, 3.05) is 4.90 Å². The lowest BCUT2D eigenvalue weighted by molar-refractivity contribution is 0.473. The maximum atomic E-state index is 6.66. The highest BCUT2D eigenvalue weighted by Crippen LogP contribution is 2.69. The molecular formula is C32H14BrN3OS4. The molecule has 7 aromatic rings. The number of rotatable bonds is 2. The maximum Gasteiger partial charge on any atom is 0.152 e. The van der Waals surface area contributed by atoms with E-state index in [4.69, 9.17) is 14.7 Å². The summed E-state index contributed by atoms with van der Waals surface area (Å²) in [5.41, 5.74) is 7.74. The highest BCUT2D eigenvalue weighted by atomic mass is 79.9. The van der Waals surface area contributed by atoms with Crippen LogP contribution < -0.4 is 9.64 Å². The molecule has 3 aliphatic heterocycles. The van der Waals surface area contributed by atoms with Crippen LogP contribution in [0.4, 0.5) is 17.1 Å². The minimum Gasteiger partial charge on any atom is -0.453 e. The van der Waals surface area contributed by atoms with Gasteiger partial charge in [-0.05, 0) is 60.7 Å². The second-order valence-electron chi connectivity index (χ2n) is 9.94. The van der Waals surface area contributed by atoms with Gasteiger partial charge in [-0.15, -0.1) is 22.7 Å². The molecule has 0 fully saturated rings. The first-order valence-corrected chi connectivity index (χ1v) is 17.0. The van der Waals surface area contributed by atoms with E-state index in [1.165, 1.54) is 34.7 Å². The average Bonchev–Trinajstić information content (AvgIpc) is 3.61. The normalized spacial score (nSPS) is 13.9. The largest absolute Gasteiger partial charge is 0.453 e. The number of ether oxygens (including phenoxy) is 1. The third-order valence-corrected chi connectivity index (χ3v) is 12.5. The highest BCUT2D eigenvalue weighted by molar-refractivity contribution is 9.10. The lowest BCUT2D eigenvalue weighted by atomic mass is 10.1. The first kappa shape index (κ1) is 23.2. The van der Waals surface area contributed by atoms with E-state index in [2.05, 4.69) is 93.6 Å². The molecule has 0 N–H and O–H groups in total. The van der Waals surface area contributed by atoms with Gasteiger partial charge in [0.1, 0.15) is 21.4 Å². The first-order valence-electron chi connectivity index (χ1n) is 12.9. The number of fused-ring (bicyclic) bond motifs is 2. The van der Waals surface area contributed by atoms with Crippen LogP contribution in [0, 0.1) is 0 Å². The third kappa shape index (κ3) is 3.24. The lowest BCUT2D eigenvalue weighted by Crippen LogP contribution is -2.23. The van der Waals surface area contributed by atoms with Crippen molar-refractivity contribution in [3.63, 3.8) is 0 Å². The number of thiazole rings is 2. The van der Waals surface area contributed by atoms with Crippen LogP contribution in [0.25, 0.3) is 41.6 Å². The molecule has 0 radical (unpaired) electrons. The van der Waals surface area contributed by atoms with Crippen LogP contribution in [0.2, 0.25) is 0 Å². The number of anilines is 3. The molecule has 194 valence electrons. The number of benzene rings is 5. The molecule has 4 nitrogen and oxygen atoms in total. The zero-order valence-electron chi connectivity index (χ0n) is 20.8. The molecule has 5 aromatic carbocycles. The fraction of sp³-hybridized carbons (Fsp3) is 0. The molecule has 0 spiro atoms. The van der Waals surface area contributed by atoms with Crippen molar-refractivity contribution in [1.82, 2.24) is 9.97 Å². The zero-order valence-corrected chi connectivity index (χ0v) is 25.7. The minimum absolute atomic E-state index is 0.870. The van der Waals surface area contributed by atoms with Gasteiger partial charge in [-0.2, -0.15) is 0 Å². The first-order chi connectivity index (χ1) is 20.2. The fourth-order valence-electron chi connectivity index (χ4n) is 5.81. The van der Waals surface area contributed by atoms with Crippen LogP contribution in [-0.4, -0.2) is 9.97 Å². The quantitative estimate of drug-likeness (QED) is 0.183. The van der Waals surface area contributed by atoms with E-state index >= 15 is 0 Å². The van der Waals surface area contributed by atoms with Gasteiger partial charge in [0.15, 0.2) is 11.5 Å². The number of halogens is 1. The average molecular weight is 665 g/mol. The van der Waals surface area contributed by atoms with Gasteiger partial charge in [0, 0.05) is 25.4 Å². The van der Waals surface area contributed by atoms with Crippen molar-refractivity contribution in [2.24, 2.45) is 0 Å². The monoisotopic (exact) mass is 663 g/mol. The highest BCUT2D eigenvalue weighted by Gasteiger charge is 2.42. The third-order valence-electron chi connectivity index (χ3n) is 7.56. The van der Waals surface area contributed by atoms with Crippen LogP contribution in [0.1, 0.15) is 0 Å². The summed E-state index contributed by atoms with van der Waals surface area (Å²) in [5.74, 6) is 1.74. The van der Waals surface area contributed by atoms with E-state index in [1.54, 1.807) is 22.7 Å². The zero-order chi connectivity index (χ0) is 26.8. The van der Waals surface area contributed by atoms with Crippen molar-refractivity contribution in [1.29, 1.82) is 0 Å². The molecule has 3 aliphatic rings. The molecule has 0 unspecified atom stereocenters. The molecule has 0 amide bonds. The molecule has 41 heavy (non-hydrogen) atoms. The van der Waals surface area contributed by atoms with Crippen LogP contribution in [0.3, 0.4) is 0 Å². The summed E-state index contributed by atoms with van der Waals surface area (Å²) in [6.07, 6.45) is 0. The lowest BCUT2D eigenvalue weighted by Gasteiger charge is -2.43. The number of aromatic nitrogens is 2. The molecule has 9 heteroatoms. The fourth-order valence-corrected chi connectivity index (χ4v) is 11.3. The standard InChI is InChI=1S/C32H14BrN3OS4/c33-15-13-24-28-25(14-15)39-30-17(32-35-19-6-2-4-8-23(19)41-32)10-12-21-27(30)36(28)26-20(37-21)11-9-16(29(26)38-24)31-34-18-5-1-3-7-22(18)40-31/h1-14H. The predicted octanol–water partition coefficient (Wildman–Crippen LogP) is 11.5. The van der Waals surface area contributed by atoms with E-state index in [1.807, 2.05) is 35.7 Å². The van der Waals surface area contributed by atoms with Crippen LogP contribution in [0.15, 0.2) is 109 Å². The van der Waals surface area contributed by atoms with Gasteiger partial charge < -0.3 is 4.74 Å².